The van der Waals surface area contributed by atoms with Crippen LogP contribution in [-0.4, -0.2) is 35.2 Å². The Morgan fingerprint density at radius 2 is 2.33 bits per heavy atom. The molecule has 2 N–H and O–H groups in total. The SMILES string of the molecule is CCCCn1c(SC2=NC3C=CC#CC3S2)nc2c(N)ncnc21. The van der Waals surface area contributed by atoms with Gasteiger partial charge in [0.25, 0.3) is 0 Å². The van der Waals surface area contributed by atoms with E-state index in [1.165, 1.54) is 6.33 Å². The van der Waals surface area contributed by atoms with E-state index < -0.39 is 0 Å². The van der Waals surface area contributed by atoms with Crippen LogP contribution in [0, 0.1) is 11.8 Å². The summed E-state index contributed by atoms with van der Waals surface area (Å²) in [5, 5.41) is 1.09. The number of nitrogen functional groups attached to an aromatic ring is 1. The van der Waals surface area contributed by atoms with Gasteiger partial charge in [0, 0.05) is 6.54 Å². The normalized spacial score (nSPS) is 21.5. The molecule has 2 unspecified atom stereocenters. The lowest BCUT2D eigenvalue weighted by Crippen LogP contribution is -2.13. The van der Waals surface area contributed by atoms with Crippen LogP contribution in [0.1, 0.15) is 19.8 Å². The van der Waals surface area contributed by atoms with Crippen LogP contribution in [0.2, 0.25) is 0 Å². The molecule has 0 radical (unpaired) electrons. The van der Waals surface area contributed by atoms with Crippen molar-refractivity contribution in [1.82, 2.24) is 19.5 Å². The molecule has 122 valence electrons. The zero-order valence-electron chi connectivity index (χ0n) is 13.1. The summed E-state index contributed by atoms with van der Waals surface area (Å²) in [7, 11) is 0. The van der Waals surface area contributed by atoms with E-state index in [9.17, 15) is 0 Å². The third-order valence-electron chi connectivity index (χ3n) is 3.83. The molecule has 1 aliphatic heterocycles. The molecule has 0 bridgehead atoms. The predicted molar refractivity (Wildman–Crippen MR) is 100 cm³/mol. The van der Waals surface area contributed by atoms with Crippen molar-refractivity contribution < 1.29 is 0 Å². The van der Waals surface area contributed by atoms with Crippen molar-refractivity contribution in [3.05, 3.63) is 18.5 Å². The molecule has 0 fully saturated rings. The Morgan fingerprint density at radius 3 is 3.17 bits per heavy atom. The fraction of sp³-hybridized carbons (Fsp3) is 0.375. The molecule has 0 spiro atoms. The van der Waals surface area contributed by atoms with E-state index in [0.29, 0.717) is 11.3 Å². The van der Waals surface area contributed by atoms with Crippen LogP contribution in [0.25, 0.3) is 11.2 Å². The molecular weight excluding hydrogens is 340 g/mol. The first-order valence-electron chi connectivity index (χ1n) is 7.83. The Balaban J connectivity index is 1.67. The topological polar surface area (TPSA) is 82.0 Å². The summed E-state index contributed by atoms with van der Waals surface area (Å²) in [5.41, 5.74) is 7.43. The van der Waals surface area contributed by atoms with Gasteiger partial charge in [0.1, 0.15) is 10.7 Å². The molecule has 2 atom stereocenters. The van der Waals surface area contributed by atoms with Crippen LogP contribution in [0.4, 0.5) is 5.82 Å². The number of aliphatic imine (C=N–C) groups is 1. The van der Waals surface area contributed by atoms with Gasteiger partial charge in [0.05, 0.1) is 11.3 Å². The van der Waals surface area contributed by atoms with Crippen molar-refractivity contribution in [2.24, 2.45) is 4.99 Å². The molecule has 4 rings (SSSR count). The lowest BCUT2D eigenvalue weighted by molar-refractivity contribution is 0.598. The summed E-state index contributed by atoms with van der Waals surface area (Å²) < 4.78 is 3.11. The second-order valence-corrected chi connectivity index (χ2v) is 7.85. The second kappa shape index (κ2) is 6.49. The van der Waals surface area contributed by atoms with Gasteiger partial charge in [-0.2, -0.15) is 0 Å². The van der Waals surface area contributed by atoms with E-state index in [2.05, 4.69) is 44.4 Å². The van der Waals surface area contributed by atoms with Crippen molar-refractivity contribution in [2.75, 3.05) is 5.73 Å². The van der Waals surface area contributed by atoms with Crippen LogP contribution < -0.4 is 5.73 Å². The number of aryl methyl sites for hydroxylation is 1. The van der Waals surface area contributed by atoms with E-state index in [0.717, 1.165) is 34.6 Å². The Bertz CT molecular complexity index is 904. The van der Waals surface area contributed by atoms with Gasteiger partial charge in [-0.1, -0.05) is 36.9 Å². The lowest BCUT2D eigenvalue weighted by Gasteiger charge is -2.08. The maximum atomic E-state index is 5.97. The van der Waals surface area contributed by atoms with E-state index in [1.54, 1.807) is 23.5 Å². The number of fused-ring (bicyclic) bond motifs is 2. The van der Waals surface area contributed by atoms with Crippen LogP contribution in [0.15, 0.2) is 28.6 Å². The number of anilines is 1. The summed E-state index contributed by atoms with van der Waals surface area (Å²) in [4.78, 5) is 17.9. The Kier molecular flexibility index (Phi) is 4.21. The first kappa shape index (κ1) is 15.5. The van der Waals surface area contributed by atoms with E-state index in [1.807, 2.05) is 6.08 Å². The van der Waals surface area contributed by atoms with Gasteiger partial charge in [0.15, 0.2) is 22.1 Å². The van der Waals surface area contributed by atoms with Gasteiger partial charge < -0.3 is 10.3 Å². The molecule has 0 saturated heterocycles. The smallest absolute Gasteiger partial charge is 0.177 e. The minimum absolute atomic E-state index is 0.150. The maximum Gasteiger partial charge on any atom is 0.177 e. The number of nitrogens with two attached hydrogens (primary N) is 1. The van der Waals surface area contributed by atoms with Crippen molar-refractivity contribution in [1.29, 1.82) is 0 Å². The van der Waals surface area contributed by atoms with Gasteiger partial charge in [-0.05, 0) is 30.3 Å². The van der Waals surface area contributed by atoms with Crippen LogP contribution in [0.5, 0.6) is 0 Å². The fourth-order valence-electron chi connectivity index (χ4n) is 2.59. The summed E-state index contributed by atoms with van der Waals surface area (Å²) in [5.74, 6) is 6.65. The second-order valence-electron chi connectivity index (χ2n) is 5.50. The van der Waals surface area contributed by atoms with Gasteiger partial charge in [-0.15, -0.1) is 0 Å². The molecule has 0 amide bonds. The molecule has 2 aromatic heterocycles. The molecule has 2 aliphatic rings. The standard InChI is InChI=1S/C16H16N6S2/c1-2-3-8-22-14-12(13(17)18-9-19-14)21-15(22)24-16-20-10-6-4-5-7-11(10)23-16/h4,6,9-11H,2-3,8H2,1H3,(H2,17,18,19). The zero-order valence-corrected chi connectivity index (χ0v) is 14.8. The fourth-order valence-corrected chi connectivity index (χ4v) is 4.89. The van der Waals surface area contributed by atoms with Crippen LogP contribution in [0.3, 0.4) is 0 Å². The monoisotopic (exact) mass is 356 g/mol. The third kappa shape index (κ3) is 2.78. The molecule has 0 saturated carbocycles. The van der Waals surface area contributed by atoms with Crippen LogP contribution in [-0.2, 0) is 6.54 Å². The molecule has 1 aliphatic carbocycles. The van der Waals surface area contributed by atoms with Crippen molar-refractivity contribution >= 4 is 44.9 Å². The van der Waals surface area contributed by atoms with Gasteiger partial charge in [-0.25, -0.2) is 15.0 Å². The number of imidazole rings is 1. The Morgan fingerprint density at radius 1 is 1.42 bits per heavy atom. The molecule has 3 heterocycles. The average Bonchev–Trinajstić information content (AvgIpc) is 3.15. The van der Waals surface area contributed by atoms with Crippen LogP contribution >= 0.6 is 23.5 Å². The highest BCUT2D eigenvalue weighted by Crippen LogP contribution is 2.37. The van der Waals surface area contributed by atoms with Crippen molar-refractivity contribution in [3.63, 3.8) is 0 Å². The maximum absolute atomic E-state index is 5.97. The number of thioether (sulfide) groups is 2. The number of rotatable bonds is 4. The van der Waals surface area contributed by atoms with Gasteiger partial charge >= 0.3 is 0 Å². The quantitative estimate of drug-likeness (QED) is 0.848. The highest BCUT2D eigenvalue weighted by atomic mass is 32.2. The minimum Gasteiger partial charge on any atom is -0.382 e. The molecular formula is C16H16N6S2. The van der Waals surface area contributed by atoms with E-state index in [-0.39, 0.29) is 11.3 Å². The summed E-state index contributed by atoms with van der Waals surface area (Å²) in [6, 6.07) is 0.150. The van der Waals surface area contributed by atoms with Gasteiger partial charge in [-0.3, -0.25) is 4.99 Å². The minimum atomic E-state index is 0.150. The molecule has 8 heteroatoms. The lowest BCUT2D eigenvalue weighted by atomic mass is 10.1. The Hall–Kier alpha value is -1.98. The largest absolute Gasteiger partial charge is 0.382 e. The summed E-state index contributed by atoms with van der Waals surface area (Å²) in [6.45, 7) is 3.03. The highest BCUT2D eigenvalue weighted by Gasteiger charge is 2.30. The number of nitrogens with zero attached hydrogens (tertiary/aromatic N) is 5. The Labute approximate surface area is 148 Å². The first-order valence-corrected chi connectivity index (χ1v) is 9.52. The number of allylic oxidation sites excluding steroid dienone is 1. The molecule has 0 aromatic carbocycles. The number of aromatic nitrogens is 4. The average molecular weight is 356 g/mol. The predicted octanol–water partition coefficient (Wildman–Crippen LogP) is 2.71. The number of unbranched alkanes of at least 4 members (excludes halogenated alkanes) is 1. The molecule has 24 heavy (non-hydrogen) atoms. The van der Waals surface area contributed by atoms with Crippen molar-refractivity contribution in [3.8, 4) is 11.8 Å². The molecule has 2 aromatic rings. The summed E-state index contributed by atoms with van der Waals surface area (Å²) >= 11 is 3.27. The highest BCUT2D eigenvalue weighted by molar-refractivity contribution is 8.39. The first-order chi connectivity index (χ1) is 11.8. The summed E-state index contributed by atoms with van der Waals surface area (Å²) in [6.07, 6.45) is 7.59. The van der Waals surface area contributed by atoms with E-state index >= 15 is 0 Å². The zero-order chi connectivity index (χ0) is 16.5. The number of hydrogen-bond acceptors (Lipinski definition) is 7. The van der Waals surface area contributed by atoms with Gasteiger partial charge in [0.2, 0.25) is 0 Å². The van der Waals surface area contributed by atoms with E-state index in [4.69, 9.17) is 10.7 Å². The number of hydrogen-bond donors (Lipinski definition) is 1. The van der Waals surface area contributed by atoms with Crippen molar-refractivity contribution in [2.45, 2.75) is 42.8 Å². The molecule has 6 nitrogen and oxygen atoms in total. The third-order valence-corrected chi connectivity index (χ3v) is 6.10.